The van der Waals surface area contributed by atoms with Crippen LogP contribution in [-0.2, 0) is 19.7 Å². The lowest BCUT2D eigenvalue weighted by atomic mass is 10.2. The maximum absolute atomic E-state index is 8.90. The number of fused-ring (bicyclic) bond motifs is 1. The van der Waals surface area contributed by atoms with Crippen molar-refractivity contribution in [3.63, 3.8) is 0 Å². The lowest BCUT2D eigenvalue weighted by Crippen LogP contribution is -2.28. The van der Waals surface area contributed by atoms with Crippen LogP contribution in [-0.4, -0.2) is 21.4 Å². The lowest BCUT2D eigenvalue weighted by Gasteiger charge is -2.15. The van der Waals surface area contributed by atoms with E-state index >= 15 is 0 Å². The third-order valence-electron chi connectivity index (χ3n) is 2.00. The fraction of sp³-hybridized carbons (Fsp3) is 0.571. The molecule has 1 aliphatic heterocycles. The van der Waals surface area contributed by atoms with Crippen molar-refractivity contribution in [2.45, 2.75) is 19.7 Å². The lowest BCUT2D eigenvalue weighted by molar-refractivity contribution is 0.279. The maximum atomic E-state index is 8.90. The number of hydrogen-bond acceptors (Lipinski definition) is 3. The van der Waals surface area contributed by atoms with Crippen LogP contribution in [0.25, 0.3) is 0 Å². The van der Waals surface area contributed by atoms with Crippen molar-refractivity contribution in [3.05, 3.63) is 17.5 Å². The molecule has 4 nitrogen and oxygen atoms in total. The van der Waals surface area contributed by atoms with E-state index in [-0.39, 0.29) is 6.61 Å². The largest absolute Gasteiger partial charge is 0.392 e. The highest BCUT2D eigenvalue weighted by atomic mass is 16.3. The average Bonchev–Trinajstić information content (AvgIpc) is 2.47. The second-order valence-electron chi connectivity index (χ2n) is 2.67. The van der Waals surface area contributed by atoms with Gasteiger partial charge in [-0.3, -0.25) is 4.68 Å². The molecule has 0 atom stereocenters. The van der Waals surface area contributed by atoms with Gasteiger partial charge in [0.2, 0.25) is 0 Å². The second kappa shape index (κ2) is 2.64. The first kappa shape index (κ1) is 6.82. The van der Waals surface area contributed by atoms with Crippen molar-refractivity contribution < 1.29 is 5.11 Å². The van der Waals surface area contributed by atoms with Crippen LogP contribution in [0.4, 0.5) is 0 Å². The van der Waals surface area contributed by atoms with Gasteiger partial charge in [0.15, 0.2) is 0 Å². The monoisotopic (exact) mass is 153 g/mol. The Morgan fingerprint density at radius 2 is 2.64 bits per heavy atom. The molecule has 0 saturated carbocycles. The Bertz CT molecular complexity index is 243. The Balaban J connectivity index is 2.38. The fourth-order valence-electron chi connectivity index (χ4n) is 1.37. The predicted molar refractivity (Wildman–Crippen MR) is 39.9 cm³/mol. The number of rotatable bonds is 1. The summed E-state index contributed by atoms with van der Waals surface area (Å²) >= 11 is 0. The summed E-state index contributed by atoms with van der Waals surface area (Å²) in [5, 5.41) is 16.3. The number of aliphatic hydroxyl groups is 1. The average molecular weight is 153 g/mol. The molecule has 1 aromatic heterocycles. The van der Waals surface area contributed by atoms with Gasteiger partial charge < -0.3 is 10.4 Å². The Hall–Kier alpha value is -0.870. The normalized spacial score (nSPS) is 16.5. The summed E-state index contributed by atoms with van der Waals surface area (Å²) in [5.74, 6) is 0. The van der Waals surface area contributed by atoms with Gasteiger partial charge >= 0.3 is 0 Å². The van der Waals surface area contributed by atoms with Crippen molar-refractivity contribution in [1.29, 1.82) is 0 Å². The molecule has 0 unspecified atom stereocenters. The van der Waals surface area contributed by atoms with E-state index in [4.69, 9.17) is 5.11 Å². The van der Waals surface area contributed by atoms with Crippen LogP contribution in [0.1, 0.15) is 11.3 Å². The predicted octanol–water partition coefficient (Wildman–Crippen LogP) is -0.521. The maximum Gasteiger partial charge on any atom is 0.0715 e. The molecule has 0 aliphatic carbocycles. The molecule has 60 valence electrons. The van der Waals surface area contributed by atoms with E-state index in [2.05, 4.69) is 10.4 Å². The van der Waals surface area contributed by atoms with Gasteiger partial charge in [-0.15, -0.1) is 0 Å². The van der Waals surface area contributed by atoms with Crippen molar-refractivity contribution in [3.8, 4) is 0 Å². The SMILES string of the molecule is OCc1cnn2c1CNCC2. The Labute approximate surface area is 64.8 Å². The summed E-state index contributed by atoms with van der Waals surface area (Å²) < 4.78 is 1.95. The van der Waals surface area contributed by atoms with Gasteiger partial charge in [-0.25, -0.2) is 0 Å². The molecule has 0 radical (unpaired) electrons. The summed E-state index contributed by atoms with van der Waals surface area (Å²) in [5.41, 5.74) is 2.07. The van der Waals surface area contributed by atoms with E-state index in [1.165, 1.54) is 0 Å². The molecule has 0 amide bonds. The third-order valence-corrected chi connectivity index (χ3v) is 2.00. The minimum atomic E-state index is 0.0943. The first-order valence-corrected chi connectivity index (χ1v) is 3.77. The quantitative estimate of drug-likeness (QED) is 0.570. The van der Waals surface area contributed by atoms with Gasteiger partial charge in [-0.05, 0) is 0 Å². The highest BCUT2D eigenvalue weighted by Gasteiger charge is 2.12. The molecule has 0 spiro atoms. The summed E-state index contributed by atoms with van der Waals surface area (Å²) in [7, 11) is 0. The molecular formula is C7H11N3O. The third kappa shape index (κ3) is 1.04. The molecule has 0 bridgehead atoms. The van der Waals surface area contributed by atoms with E-state index in [0.29, 0.717) is 0 Å². The summed E-state index contributed by atoms with van der Waals surface area (Å²) in [6.45, 7) is 2.81. The van der Waals surface area contributed by atoms with Crippen LogP contribution in [0.3, 0.4) is 0 Å². The van der Waals surface area contributed by atoms with E-state index in [9.17, 15) is 0 Å². The van der Waals surface area contributed by atoms with Gasteiger partial charge in [0, 0.05) is 18.7 Å². The van der Waals surface area contributed by atoms with Gasteiger partial charge in [0.05, 0.1) is 25.0 Å². The molecule has 2 N–H and O–H groups in total. The molecule has 2 heterocycles. The van der Waals surface area contributed by atoms with Crippen molar-refractivity contribution in [1.82, 2.24) is 15.1 Å². The van der Waals surface area contributed by atoms with Crippen LogP contribution in [0.5, 0.6) is 0 Å². The topological polar surface area (TPSA) is 50.1 Å². The van der Waals surface area contributed by atoms with Gasteiger partial charge in [-0.2, -0.15) is 5.10 Å². The first-order chi connectivity index (χ1) is 5.42. The molecule has 11 heavy (non-hydrogen) atoms. The van der Waals surface area contributed by atoms with E-state index < -0.39 is 0 Å². The summed E-state index contributed by atoms with van der Waals surface area (Å²) in [6.07, 6.45) is 1.74. The zero-order valence-corrected chi connectivity index (χ0v) is 6.25. The van der Waals surface area contributed by atoms with Crippen LogP contribution in [0.2, 0.25) is 0 Å². The Kier molecular flexibility index (Phi) is 1.63. The minimum Gasteiger partial charge on any atom is -0.392 e. The highest BCUT2D eigenvalue weighted by Crippen LogP contribution is 2.10. The van der Waals surface area contributed by atoms with Crippen LogP contribution in [0.15, 0.2) is 6.20 Å². The number of aromatic nitrogens is 2. The molecule has 0 saturated heterocycles. The van der Waals surface area contributed by atoms with Crippen LogP contribution in [0, 0.1) is 0 Å². The molecule has 1 aromatic rings. The molecule has 0 aromatic carbocycles. The zero-order chi connectivity index (χ0) is 7.68. The van der Waals surface area contributed by atoms with E-state index in [0.717, 1.165) is 30.9 Å². The van der Waals surface area contributed by atoms with Crippen molar-refractivity contribution in [2.75, 3.05) is 6.54 Å². The highest BCUT2D eigenvalue weighted by molar-refractivity contribution is 5.17. The minimum absolute atomic E-state index is 0.0943. The van der Waals surface area contributed by atoms with E-state index in [1.807, 2.05) is 4.68 Å². The zero-order valence-electron chi connectivity index (χ0n) is 6.25. The second-order valence-corrected chi connectivity index (χ2v) is 2.67. The van der Waals surface area contributed by atoms with Gasteiger partial charge in [0.25, 0.3) is 0 Å². The van der Waals surface area contributed by atoms with Crippen LogP contribution < -0.4 is 5.32 Å². The van der Waals surface area contributed by atoms with Crippen LogP contribution >= 0.6 is 0 Å². The number of nitrogens with zero attached hydrogens (tertiary/aromatic N) is 2. The Morgan fingerprint density at radius 3 is 3.45 bits per heavy atom. The first-order valence-electron chi connectivity index (χ1n) is 3.77. The molecule has 2 rings (SSSR count). The number of nitrogens with one attached hydrogen (secondary N) is 1. The molecule has 1 aliphatic rings. The van der Waals surface area contributed by atoms with E-state index in [1.54, 1.807) is 6.20 Å². The summed E-state index contributed by atoms with van der Waals surface area (Å²) in [4.78, 5) is 0. The molecule has 4 heteroatoms. The smallest absolute Gasteiger partial charge is 0.0715 e. The number of aliphatic hydroxyl groups excluding tert-OH is 1. The Morgan fingerprint density at radius 1 is 1.73 bits per heavy atom. The number of hydrogen-bond donors (Lipinski definition) is 2. The van der Waals surface area contributed by atoms with Gasteiger partial charge in [0.1, 0.15) is 0 Å². The standard InChI is InChI=1S/C7H11N3O/c11-5-6-3-9-10-2-1-8-4-7(6)10/h3,8,11H,1-2,4-5H2. The van der Waals surface area contributed by atoms with Gasteiger partial charge in [-0.1, -0.05) is 0 Å². The molecular weight excluding hydrogens is 142 g/mol. The fourth-order valence-corrected chi connectivity index (χ4v) is 1.37. The molecule has 0 fully saturated rings. The van der Waals surface area contributed by atoms with Crippen molar-refractivity contribution >= 4 is 0 Å². The summed E-state index contributed by atoms with van der Waals surface area (Å²) in [6, 6.07) is 0. The van der Waals surface area contributed by atoms with Crippen molar-refractivity contribution in [2.24, 2.45) is 0 Å².